The molecule has 3 aliphatic heterocycles. The second-order valence-corrected chi connectivity index (χ2v) is 15.8. The van der Waals surface area contributed by atoms with E-state index in [1.165, 1.54) is 14.2 Å². The number of methoxy groups -OCH3 is 2. The molecule has 11 nitrogen and oxygen atoms in total. The van der Waals surface area contributed by atoms with E-state index in [0.29, 0.717) is 42.7 Å². The molecule has 3 rings (SSSR count). The Kier molecular flexibility index (Phi) is 16.9. The number of ether oxygens (including phenoxy) is 4. The van der Waals surface area contributed by atoms with Crippen molar-refractivity contribution in [1.29, 1.82) is 0 Å². The first-order chi connectivity index (χ1) is 18.7. The summed E-state index contributed by atoms with van der Waals surface area (Å²) in [6.07, 6.45) is 0.562. The standard InChI is InChI=1S/C25H43N5O6.2BrH.Mn/c1-15-9-26-6-7-27-16(2)11-30-19(12-29-17(3)10-28-15)14-35-13-18-8-20-21(24(31)33-4)22(23(18)36-20)25(32)34-5;;;/h8,15-17,19-20,23,26-30H,6-7,9-14H2,1-5H3;2*1H;/q;;;+2/p-2/t15-,16+,17+,19+,20?,23?;;;/m0.../s1. The van der Waals surface area contributed by atoms with Crippen LogP contribution in [0, 0.1) is 0 Å². The van der Waals surface area contributed by atoms with Gasteiger partial charge in [-0.3, -0.25) is 0 Å². The summed E-state index contributed by atoms with van der Waals surface area (Å²) in [5.74, 6) is -1.17. The van der Waals surface area contributed by atoms with E-state index < -0.39 is 24.1 Å². The van der Waals surface area contributed by atoms with Gasteiger partial charge in [0.1, 0.15) is 12.2 Å². The van der Waals surface area contributed by atoms with Gasteiger partial charge >= 0.3 is 51.5 Å². The van der Waals surface area contributed by atoms with E-state index in [-0.39, 0.29) is 17.2 Å². The number of hydrogen-bond donors (Lipinski definition) is 5. The molecule has 1 fully saturated rings. The maximum atomic E-state index is 12.4. The van der Waals surface area contributed by atoms with Gasteiger partial charge in [-0.05, 0) is 32.4 Å². The summed E-state index contributed by atoms with van der Waals surface area (Å²) < 4.78 is 21.7. The van der Waals surface area contributed by atoms with E-state index in [1.54, 1.807) is 0 Å². The van der Waals surface area contributed by atoms with Gasteiger partial charge in [0, 0.05) is 63.4 Å². The Morgan fingerprint density at radius 3 is 2.18 bits per heavy atom. The molecule has 0 radical (unpaired) electrons. The van der Waals surface area contributed by atoms with Gasteiger partial charge in [0.25, 0.3) is 0 Å². The van der Waals surface area contributed by atoms with E-state index in [0.717, 1.165) is 44.8 Å². The number of carbonyl (C=O) groups is 2. The third-order valence-electron chi connectivity index (χ3n) is 6.66. The van der Waals surface area contributed by atoms with E-state index in [4.69, 9.17) is 18.9 Å². The van der Waals surface area contributed by atoms with Crippen LogP contribution in [0.3, 0.4) is 0 Å². The predicted molar refractivity (Wildman–Crippen MR) is 154 cm³/mol. The molecule has 5 N–H and O–H groups in total. The van der Waals surface area contributed by atoms with Gasteiger partial charge in [-0.15, -0.1) is 0 Å². The van der Waals surface area contributed by atoms with Crippen molar-refractivity contribution >= 4 is 40.2 Å². The van der Waals surface area contributed by atoms with Crippen LogP contribution in [0.4, 0.5) is 0 Å². The van der Waals surface area contributed by atoms with E-state index >= 15 is 0 Å². The number of carbonyl (C=O) groups excluding carboxylic acids is 2. The van der Waals surface area contributed by atoms with Crippen LogP contribution in [0.15, 0.2) is 22.8 Å². The summed E-state index contributed by atoms with van der Waals surface area (Å²) in [6.45, 7) is 12.5. The summed E-state index contributed by atoms with van der Waals surface area (Å²) in [5.41, 5.74) is 1.22. The molecule has 0 saturated carbocycles. The van der Waals surface area contributed by atoms with Crippen molar-refractivity contribution in [1.82, 2.24) is 26.6 Å². The zero-order valence-corrected chi connectivity index (χ0v) is 27.6. The van der Waals surface area contributed by atoms with Gasteiger partial charge in [-0.25, -0.2) is 9.59 Å². The molecule has 2 unspecified atom stereocenters. The number of esters is 2. The van der Waals surface area contributed by atoms with Crippen molar-refractivity contribution in [3.05, 3.63) is 22.8 Å². The normalized spacial score (nSPS) is 30.4. The molecule has 0 spiro atoms. The third kappa shape index (κ3) is 11.4. The second-order valence-electron chi connectivity index (χ2n) is 9.84. The van der Waals surface area contributed by atoms with Crippen LogP contribution >= 0.6 is 28.2 Å². The van der Waals surface area contributed by atoms with Crippen molar-refractivity contribution in [2.24, 2.45) is 0 Å². The average molecular weight is 724 g/mol. The van der Waals surface area contributed by atoms with Gasteiger partial charge in [0.15, 0.2) is 0 Å². The Balaban J connectivity index is 0.00000170. The van der Waals surface area contributed by atoms with Gasteiger partial charge in [-0.1, -0.05) is 0 Å². The fourth-order valence-corrected chi connectivity index (χ4v) is 4.56. The molecule has 6 atom stereocenters. The minimum atomic E-state index is -0.651. The molecule has 0 aromatic rings. The molecular formula is C25H43Br2MnN5O6. The first kappa shape index (κ1) is 34.8. The molecule has 0 aromatic carbocycles. The summed E-state index contributed by atoms with van der Waals surface area (Å²) in [4.78, 5) is 24.6. The molecule has 2 bridgehead atoms. The van der Waals surface area contributed by atoms with Crippen molar-refractivity contribution < 1.29 is 39.9 Å². The number of fused-ring (bicyclic) bond motifs is 2. The Labute approximate surface area is 252 Å². The molecule has 225 valence electrons. The predicted octanol–water partition coefficient (Wildman–Crippen LogP) is 0.537. The number of hydrogen-bond acceptors (Lipinski definition) is 11. The van der Waals surface area contributed by atoms with Crippen LogP contribution < -0.4 is 26.6 Å². The molecule has 3 heterocycles. The first-order valence-corrected chi connectivity index (χ1v) is 18.9. The van der Waals surface area contributed by atoms with Crippen LogP contribution in [-0.4, -0.2) is 115 Å². The summed E-state index contributed by atoms with van der Waals surface area (Å²) in [6, 6.07) is 1.12. The van der Waals surface area contributed by atoms with Crippen molar-refractivity contribution in [2.75, 3.05) is 66.7 Å². The zero-order valence-electron chi connectivity index (χ0n) is 23.3. The minimum absolute atomic E-state index is 0.0961. The van der Waals surface area contributed by atoms with Crippen LogP contribution in [0.25, 0.3) is 0 Å². The van der Waals surface area contributed by atoms with E-state index in [1.807, 2.05) is 6.08 Å². The number of nitrogens with one attached hydrogen (secondary N) is 5. The van der Waals surface area contributed by atoms with Gasteiger partial charge in [-0.2, -0.15) is 0 Å². The SMILES string of the molecule is COC(=O)C1=C(C(=O)OC)C2OC1C=C2COC[C@H]1CN[C@H](C)CN[C@@H](C)CNCCN[C@H](C)CN1.[Br][Mn][Br]. The van der Waals surface area contributed by atoms with Gasteiger partial charge in [0.2, 0.25) is 0 Å². The fraction of sp³-hybridized carbons (Fsp3) is 0.760. The Hall–Kier alpha value is -0.381. The second kappa shape index (κ2) is 18.9. The van der Waals surface area contributed by atoms with Crippen molar-refractivity contribution in [2.45, 2.75) is 57.1 Å². The summed E-state index contributed by atoms with van der Waals surface area (Å²) in [7, 11) is 2.57. The summed E-state index contributed by atoms with van der Waals surface area (Å²) in [5, 5.41) is 17.8. The molecule has 0 aromatic heterocycles. The van der Waals surface area contributed by atoms with E-state index in [9.17, 15) is 9.59 Å². The molecule has 1 saturated heterocycles. The zero-order chi connectivity index (χ0) is 28.8. The van der Waals surface area contributed by atoms with E-state index in [2.05, 4.69) is 75.6 Å². The number of rotatable bonds is 6. The van der Waals surface area contributed by atoms with Gasteiger partial charge in [0.05, 0.1) is 38.6 Å². The molecule has 14 heteroatoms. The quantitative estimate of drug-likeness (QED) is 0.150. The van der Waals surface area contributed by atoms with Gasteiger partial charge < -0.3 is 45.5 Å². The van der Waals surface area contributed by atoms with Crippen LogP contribution in [0.5, 0.6) is 0 Å². The molecule has 0 aliphatic carbocycles. The third-order valence-corrected chi connectivity index (χ3v) is 6.66. The molecule has 3 aliphatic rings. The van der Waals surface area contributed by atoms with Crippen LogP contribution in [-0.2, 0) is 39.9 Å². The Morgan fingerprint density at radius 2 is 1.49 bits per heavy atom. The fourth-order valence-electron chi connectivity index (χ4n) is 4.56. The Bertz CT molecular complexity index is 852. The van der Waals surface area contributed by atoms with Crippen LogP contribution in [0.1, 0.15) is 20.8 Å². The maximum absolute atomic E-state index is 12.4. The van der Waals surface area contributed by atoms with Crippen molar-refractivity contribution in [3.63, 3.8) is 0 Å². The molecule has 0 amide bonds. The first-order valence-electron chi connectivity index (χ1n) is 13.1. The van der Waals surface area contributed by atoms with Crippen molar-refractivity contribution in [3.8, 4) is 0 Å². The monoisotopic (exact) mass is 722 g/mol. The molecule has 39 heavy (non-hydrogen) atoms. The average Bonchev–Trinajstić information content (AvgIpc) is 3.50. The Morgan fingerprint density at radius 1 is 0.897 bits per heavy atom. The summed E-state index contributed by atoms with van der Waals surface area (Å²) >= 11 is 6.88. The topological polar surface area (TPSA) is 131 Å². The molecular weight excluding hydrogens is 681 g/mol. The number of halogens is 2. The van der Waals surface area contributed by atoms with Crippen LogP contribution in [0.2, 0.25) is 0 Å².